The Kier molecular flexibility index (Phi) is 4.57. The molecule has 0 aliphatic rings. The summed E-state index contributed by atoms with van der Waals surface area (Å²) in [5.74, 6) is -0.411. The summed E-state index contributed by atoms with van der Waals surface area (Å²) in [5, 5.41) is 3.25. The molecule has 3 aromatic rings. The lowest BCUT2D eigenvalue weighted by Crippen LogP contribution is -2.03. The summed E-state index contributed by atoms with van der Waals surface area (Å²) in [6, 6.07) is 20.7. The Bertz CT molecular complexity index is 888. The second-order valence-electron chi connectivity index (χ2n) is 5.62. The van der Waals surface area contributed by atoms with Crippen LogP contribution in [0.1, 0.15) is 10.4 Å². The Hall–Kier alpha value is -3.47. The summed E-state index contributed by atoms with van der Waals surface area (Å²) in [5.41, 5.74) is 17.2. The van der Waals surface area contributed by atoms with Gasteiger partial charge in [-0.25, -0.2) is 4.79 Å². The minimum Gasteiger partial charge on any atom is -0.465 e. The predicted octanol–water partition coefficient (Wildman–Crippen LogP) is 4.05. The number of rotatable bonds is 4. The van der Waals surface area contributed by atoms with Crippen LogP contribution in [0.5, 0.6) is 0 Å². The van der Waals surface area contributed by atoms with E-state index in [0.29, 0.717) is 11.3 Å². The number of nitrogens with one attached hydrogen (secondary N) is 1. The number of ether oxygens (including phenoxy) is 1. The van der Waals surface area contributed by atoms with Crippen molar-refractivity contribution in [2.24, 2.45) is 0 Å². The molecule has 0 unspecified atom stereocenters. The standard InChI is InChI=1S/C20H19N3O2/c1-25-20(24)15-6-11-19(18(22)12-15)23-17-9-4-14(5-10-17)13-2-7-16(21)8-3-13/h2-12,23H,21-22H2,1H3. The van der Waals surface area contributed by atoms with E-state index in [1.165, 1.54) is 7.11 Å². The third kappa shape index (κ3) is 3.72. The van der Waals surface area contributed by atoms with Crippen LogP contribution in [0.3, 0.4) is 0 Å². The van der Waals surface area contributed by atoms with Crippen molar-refractivity contribution < 1.29 is 9.53 Å². The van der Waals surface area contributed by atoms with Crippen LogP contribution in [0.4, 0.5) is 22.7 Å². The van der Waals surface area contributed by atoms with E-state index in [2.05, 4.69) is 10.1 Å². The maximum Gasteiger partial charge on any atom is 0.337 e. The molecular formula is C20H19N3O2. The number of nitrogens with two attached hydrogens (primary N) is 2. The van der Waals surface area contributed by atoms with Crippen LogP contribution in [0.25, 0.3) is 11.1 Å². The Labute approximate surface area is 146 Å². The molecule has 0 saturated carbocycles. The second kappa shape index (κ2) is 6.97. The average molecular weight is 333 g/mol. The molecule has 0 aromatic heterocycles. The highest BCUT2D eigenvalue weighted by atomic mass is 16.5. The molecule has 0 aliphatic heterocycles. The van der Waals surface area contributed by atoms with Crippen LogP contribution in [-0.2, 0) is 4.74 Å². The van der Waals surface area contributed by atoms with Crippen molar-refractivity contribution in [3.05, 3.63) is 72.3 Å². The van der Waals surface area contributed by atoms with Gasteiger partial charge in [-0.15, -0.1) is 0 Å². The van der Waals surface area contributed by atoms with Gasteiger partial charge in [0, 0.05) is 11.4 Å². The van der Waals surface area contributed by atoms with Gasteiger partial charge in [0.25, 0.3) is 0 Å². The van der Waals surface area contributed by atoms with Crippen molar-refractivity contribution in [2.75, 3.05) is 23.9 Å². The first-order valence-electron chi connectivity index (χ1n) is 7.77. The average Bonchev–Trinajstić information content (AvgIpc) is 2.64. The van der Waals surface area contributed by atoms with Crippen LogP contribution in [-0.4, -0.2) is 13.1 Å². The van der Waals surface area contributed by atoms with E-state index in [0.717, 1.165) is 28.2 Å². The van der Waals surface area contributed by atoms with Gasteiger partial charge in [0.05, 0.1) is 24.0 Å². The molecule has 0 fully saturated rings. The van der Waals surface area contributed by atoms with Crippen molar-refractivity contribution in [1.82, 2.24) is 0 Å². The Morgan fingerprint density at radius 3 is 2.04 bits per heavy atom. The molecule has 0 radical (unpaired) electrons. The molecule has 0 saturated heterocycles. The van der Waals surface area contributed by atoms with E-state index in [1.807, 2.05) is 48.5 Å². The van der Waals surface area contributed by atoms with Gasteiger partial charge in [-0.1, -0.05) is 24.3 Å². The first-order valence-corrected chi connectivity index (χ1v) is 7.77. The second-order valence-corrected chi connectivity index (χ2v) is 5.62. The maximum atomic E-state index is 11.5. The van der Waals surface area contributed by atoms with Crippen molar-refractivity contribution in [1.29, 1.82) is 0 Å². The van der Waals surface area contributed by atoms with Crippen LogP contribution < -0.4 is 16.8 Å². The highest BCUT2D eigenvalue weighted by molar-refractivity contribution is 5.92. The summed E-state index contributed by atoms with van der Waals surface area (Å²) >= 11 is 0. The summed E-state index contributed by atoms with van der Waals surface area (Å²) in [4.78, 5) is 11.5. The maximum absolute atomic E-state index is 11.5. The number of hydrogen-bond acceptors (Lipinski definition) is 5. The first-order chi connectivity index (χ1) is 12.1. The van der Waals surface area contributed by atoms with E-state index >= 15 is 0 Å². The van der Waals surface area contributed by atoms with Gasteiger partial charge in [-0.2, -0.15) is 0 Å². The number of methoxy groups -OCH3 is 1. The van der Waals surface area contributed by atoms with Crippen LogP contribution in [0.2, 0.25) is 0 Å². The van der Waals surface area contributed by atoms with E-state index in [-0.39, 0.29) is 0 Å². The minimum atomic E-state index is -0.411. The Balaban J connectivity index is 1.77. The normalized spacial score (nSPS) is 10.3. The van der Waals surface area contributed by atoms with Gasteiger partial charge in [0.15, 0.2) is 0 Å². The SMILES string of the molecule is COC(=O)c1ccc(Nc2ccc(-c3ccc(N)cc3)cc2)c(N)c1. The number of anilines is 4. The quantitative estimate of drug-likeness (QED) is 0.495. The fourth-order valence-electron chi connectivity index (χ4n) is 2.50. The molecular weight excluding hydrogens is 314 g/mol. The smallest absolute Gasteiger partial charge is 0.337 e. The van der Waals surface area contributed by atoms with Gasteiger partial charge in [-0.3, -0.25) is 0 Å². The molecule has 5 heteroatoms. The molecule has 3 rings (SSSR count). The first kappa shape index (κ1) is 16.4. The van der Waals surface area contributed by atoms with E-state index in [9.17, 15) is 4.79 Å². The number of carbonyl (C=O) groups excluding carboxylic acids is 1. The third-order valence-corrected chi connectivity index (χ3v) is 3.88. The molecule has 0 aliphatic carbocycles. The molecule has 126 valence electrons. The van der Waals surface area contributed by atoms with Gasteiger partial charge in [-0.05, 0) is 53.6 Å². The molecule has 25 heavy (non-hydrogen) atoms. The van der Waals surface area contributed by atoms with E-state index in [1.54, 1.807) is 18.2 Å². The molecule has 0 heterocycles. The van der Waals surface area contributed by atoms with Crippen molar-refractivity contribution in [3.63, 3.8) is 0 Å². The summed E-state index contributed by atoms with van der Waals surface area (Å²) in [6.07, 6.45) is 0. The number of esters is 1. The number of benzene rings is 3. The molecule has 3 aromatic carbocycles. The zero-order valence-corrected chi connectivity index (χ0v) is 13.8. The fraction of sp³-hybridized carbons (Fsp3) is 0.0500. The third-order valence-electron chi connectivity index (χ3n) is 3.88. The lowest BCUT2D eigenvalue weighted by Gasteiger charge is -2.11. The number of carbonyl (C=O) groups is 1. The molecule has 0 amide bonds. The monoisotopic (exact) mass is 333 g/mol. The lowest BCUT2D eigenvalue weighted by molar-refractivity contribution is 0.0601. The van der Waals surface area contributed by atoms with Gasteiger partial charge >= 0.3 is 5.97 Å². The zero-order valence-electron chi connectivity index (χ0n) is 13.8. The van der Waals surface area contributed by atoms with Gasteiger partial charge in [0.2, 0.25) is 0 Å². The highest BCUT2D eigenvalue weighted by Crippen LogP contribution is 2.27. The fourth-order valence-corrected chi connectivity index (χ4v) is 2.50. The Morgan fingerprint density at radius 2 is 1.48 bits per heavy atom. The lowest BCUT2D eigenvalue weighted by atomic mass is 10.0. The number of hydrogen-bond donors (Lipinski definition) is 3. The summed E-state index contributed by atoms with van der Waals surface area (Å²) in [7, 11) is 1.34. The van der Waals surface area contributed by atoms with Crippen molar-refractivity contribution in [3.8, 4) is 11.1 Å². The van der Waals surface area contributed by atoms with E-state index < -0.39 is 5.97 Å². The largest absolute Gasteiger partial charge is 0.465 e. The molecule has 0 bridgehead atoms. The van der Waals surface area contributed by atoms with E-state index in [4.69, 9.17) is 11.5 Å². The zero-order chi connectivity index (χ0) is 17.8. The number of nitrogen functional groups attached to an aromatic ring is 2. The van der Waals surface area contributed by atoms with Crippen LogP contribution in [0.15, 0.2) is 66.7 Å². The molecule has 5 N–H and O–H groups in total. The Morgan fingerprint density at radius 1 is 0.880 bits per heavy atom. The summed E-state index contributed by atoms with van der Waals surface area (Å²) in [6.45, 7) is 0. The van der Waals surface area contributed by atoms with Crippen molar-refractivity contribution in [2.45, 2.75) is 0 Å². The molecule has 5 nitrogen and oxygen atoms in total. The molecule has 0 spiro atoms. The van der Waals surface area contributed by atoms with Crippen LogP contribution in [0, 0.1) is 0 Å². The topological polar surface area (TPSA) is 90.4 Å². The van der Waals surface area contributed by atoms with Crippen LogP contribution >= 0.6 is 0 Å². The van der Waals surface area contributed by atoms with Crippen molar-refractivity contribution >= 4 is 28.7 Å². The van der Waals surface area contributed by atoms with Gasteiger partial charge in [0.1, 0.15) is 0 Å². The predicted molar refractivity (Wildman–Crippen MR) is 102 cm³/mol. The molecule has 0 atom stereocenters. The minimum absolute atomic E-state index is 0.411. The van der Waals surface area contributed by atoms with Gasteiger partial charge < -0.3 is 21.5 Å². The summed E-state index contributed by atoms with van der Waals surface area (Å²) < 4.78 is 4.69. The highest BCUT2D eigenvalue weighted by Gasteiger charge is 2.08.